The van der Waals surface area contributed by atoms with Crippen LogP contribution in [0, 0.1) is 23.7 Å². The number of hydrogen-bond donors (Lipinski definition) is 1. The van der Waals surface area contributed by atoms with Gasteiger partial charge in [-0.3, -0.25) is 0 Å². The topological polar surface area (TPSA) is 29.5 Å². The maximum absolute atomic E-state index is 10.8. The average molecular weight is 236 g/mol. The van der Waals surface area contributed by atoms with E-state index in [1.165, 1.54) is 18.4 Å². The quantitative estimate of drug-likeness (QED) is 0.709. The predicted molar refractivity (Wildman–Crippen MR) is 67.4 cm³/mol. The highest BCUT2D eigenvalue weighted by Crippen LogP contribution is 2.63. The molecule has 0 amide bonds. The molecule has 0 radical (unpaired) electrons. The molecule has 2 nitrogen and oxygen atoms in total. The van der Waals surface area contributed by atoms with Crippen LogP contribution in [0.15, 0.2) is 12.2 Å². The standard InChI is InChI=1S/C15H24O2/c1-9(2)13-8-14-11(4)5-6-12(14)10(3)7-15(13,16)17-14/h9,11-13,16H,3,5-8H2,1-2,4H3/t11-,12-,13+,14?,15+/m1/s1. The van der Waals surface area contributed by atoms with Crippen LogP contribution in [0.3, 0.4) is 0 Å². The van der Waals surface area contributed by atoms with Gasteiger partial charge < -0.3 is 9.84 Å². The maximum atomic E-state index is 10.8. The summed E-state index contributed by atoms with van der Waals surface area (Å²) in [5, 5.41) is 10.8. The van der Waals surface area contributed by atoms with Crippen LogP contribution >= 0.6 is 0 Å². The van der Waals surface area contributed by atoms with E-state index in [0.29, 0.717) is 24.2 Å². The number of hydrogen-bond acceptors (Lipinski definition) is 2. The zero-order chi connectivity index (χ0) is 12.4. The van der Waals surface area contributed by atoms with E-state index in [2.05, 4.69) is 27.4 Å². The van der Waals surface area contributed by atoms with Gasteiger partial charge in [0.05, 0.1) is 5.60 Å². The summed E-state index contributed by atoms with van der Waals surface area (Å²) in [6, 6.07) is 0. The number of ether oxygens (including phenoxy) is 1. The Hall–Kier alpha value is -0.340. The molecule has 0 aromatic carbocycles. The lowest BCUT2D eigenvalue weighted by molar-refractivity contribution is -0.269. The third kappa shape index (κ3) is 1.34. The molecule has 1 aliphatic carbocycles. The highest BCUT2D eigenvalue weighted by atomic mass is 16.6. The Morgan fingerprint density at radius 3 is 2.76 bits per heavy atom. The molecule has 96 valence electrons. The van der Waals surface area contributed by atoms with Gasteiger partial charge >= 0.3 is 0 Å². The largest absolute Gasteiger partial charge is 0.365 e. The van der Waals surface area contributed by atoms with Gasteiger partial charge in [-0.05, 0) is 31.1 Å². The first-order valence-electron chi connectivity index (χ1n) is 6.99. The van der Waals surface area contributed by atoms with Gasteiger partial charge in [0.25, 0.3) is 0 Å². The van der Waals surface area contributed by atoms with Gasteiger partial charge in [-0.15, -0.1) is 0 Å². The molecule has 2 heteroatoms. The Bertz CT molecular complexity index is 362. The fourth-order valence-electron chi connectivity index (χ4n) is 4.64. The Morgan fingerprint density at radius 2 is 2.12 bits per heavy atom. The summed E-state index contributed by atoms with van der Waals surface area (Å²) < 4.78 is 6.25. The lowest BCUT2D eigenvalue weighted by Crippen LogP contribution is -2.48. The second-order valence-corrected chi connectivity index (χ2v) is 6.82. The number of aliphatic hydroxyl groups is 1. The van der Waals surface area contributed by atoms with E-state index in [4.69, 9.17) is 4.74 Å². The minimum Gasteiger partial charge on any atom is -0.365 e. The summed E-state index contributed by atoms with van der Waals surface area (Å²) in [4.78, 5) is 0. The fourth-order valence-corrected chi connectivity index (χ4v) is 4.64. The molecule has 2 bridgehead atoms. The van der Waals surface area contributed by atoms with Crippen molar-refractivity contribution >= 4 is 0 Å². The minimum atomic E-state index is -0.930. The number of fused-ring (bicyclic) bond motifs is 1. The van der Waals surface area contributed by atoms with E-state index in [1.807, 2.05) is 0 Å². The van der Waals surface area contributed by atoms with Gasteiger partial charge in [-0.2, -0.15) is 0 Å². The van der Waals surface area contributed by atoms with Crippen LogP contribution in [0.25, 0.3) is 0 Å². The van der Waals surface area contributed by atoms with E-state index < -0.39 is 5.79 Å². The summed E-state index contributed by atoms with van der Waals surface area (Å²) in [5.41, 5.74) is 1.13. The minimum absolute atomic E-state index is 0.0982. The second kappa shape index (κ2) is 3.36. The molecule has 1 unspecified atom stereocenters. The summed E-state index contributed by atoms with van der Waals surface area (Å²) >= 11 is 0. The molecule has 2 saturated heterocycles. The molecule has 5 atom stereocenters. The molecule has 1 saturated carbocycles. The third-order valence-electron chi connectivity index (χ3n) is 5.58. The lowest BCUT2D eigenvalue weighted by atomic mass is 9.77. The molecule has 0 aromatic rings. The van der Waals surface area contributed by atoms with Crippen molar-refractivity contribution in [2.75, 3.05) is 0 Å². The SMILES string of the molecule is C=C1C[C@]2(O)OC3(C[C@H]2C(C)C)[C@H](C)CC[C@H]13. The lowest BCUT2D eigenvalue weighted by Gasteiger charge is -2.43. The van der Waals surface area contributed by atoms with Gasteiger partial charge in [0, 0.05) is 18.3 Å². The summed E-state index contributed by atoms with van der Waals surface area (Å²) in [7, 11) is 0. The van der Waals surface area contributed by atoms with Crippen molar-refractivity contribution in [3.63, 3.8) is 0 Å². The predicted octanol–water partition coefficient (Wildman–Crippen LogP) is 3.11. The molecular weight excluding hydrogens is 212 g/mol. The van der Waals surface area contributed by atoms with E-state index in [9.17, 15) is 5.11 Å². The van der Waals surface area contributed by atoms with Crippen molar-refractivity contribution in [1.82, 2.24) is 0 Å². The molecule has 17 heavy (non-hydrogen) atoms. The molecular formula is C15H24O2. The smallest absolute Gasteiger partial charge is 0.173 e. The van der Waals surface area contributed by atoms with Crippen LogP contribution in [0.1, 0.15) is 46.5 Å². The van der Waals surface area contributed by atoms with Gasteiger partial charge in [-0.1, -0.05) is 32.9 Å². The first-order chi connectivity index (χ1) is 7.89. The van der Waals surface area contributed by atoms with Crippen molar-refractivity contribution in [1.29, 1.82) is 0 Å². The molecule has 2 heterocycles. The molecule has 1 N–H and O–H groups in total. The van der Waals surface area contributed by atoms with E-state index >= 15 is 0 Å². The van der Waals surface area contributed by atoms with Gasteiger partial charge in [-0.25, -0.2) is 0 Å². The first-order valence-corrected chi connectivity index (χ1v) is 6.99. The highest BCUT2D eigenvalue weighted by Gasteiger charge is 2.66. The van der Waals surface area contributed by atoms with Crippen LogP contribution in [0.2, 0.25) is 0 Å². The van der Waals surface area contributed by atoms with Gasteiger partial charge in [0.1, 0.15) is 0 Å². The Labute approximate surface area is 104 Å². The van der Waals surface area contributed by atoms with Crippen molar-refractivity contribution < 1.29 is 9.84 Å². The van der Waals surface area contributed by atoms with Gasteiger partial charge in [0.2, 0.25) is 0 Å². The Morgan fingerprint density at radius 1 is 1.41 bits per heavy atom. The second-order valence-electron chi connectivity index (χ2n) is 6.82. The van der Waals surface area contributed by atoms with Crippen LogP contribution in [0.5, 0.6) is 0 Å². The monoisotopic (exact) mass is 236 g/mol. The van der Waals surface area contributed by atoms with Crippen LogP contribution in [-0.4, -0.2) is 16.5 Å². The van der Waals surface area contributed by atoms with Crippen LogP contribution in [-0.2, 0) is 4.74 Å². The van der Waals surface area contributed by atoms with E-state index in [1.54, 1.807) is 0 Å². The molecule has 3 fully saturated rings. The zero-order valence-corrected chi connectivity index (χ0v) is 11.2. The van der Waals surface area contributed by atoms with Crippen molar-refractivity contribution in [2.45, 2.75) is 57.8 Å². The maximum Gasteiger partial charge on any atom is 0.173 e. The summed E-state index contributed by atoms with van der Waals surface area (Å²) in [5.74, 6) is 0.852. The van der Waals surface area contributed by atoms with Crippen molar-refractivity contribution in [3.8, 4) is 0 Å². The van der Waals surface area contributed by atoms with Crippen LogP contribution in [0.4, 0.5) is 0 Å². The Kier molecular flexibility index (Phi) is 2.32. The summed E-state index contributed by atoms with van der Waals surface area (Å²) in [6.45, 7) is 10.9. The van der Waals surface area contributed by atoms with Gasteiger partial charge in [0.15, 0.2) is 5.79 Å². The van der Waals surface area contributed by atoms with Crippen molar-refractivity contribution in [3.05, 3.63) is 12.2 Å². The average Bonchev–Trinajstić information content (AvgIpc) is 2.65. The van der Waals surface area contributed by atoms with E-state index in [0.717, 1.165) is 6.42 Å². The molecule has 3 rings (SSSR count). The zero-order valence-electron chi connectivity index (χ0n) is 11.2. The summed E-state index contributed by atoms with van der Waals surface area (Å²) in [6.07, 6.45) is 4.08. The molecule has 3 aliphatic rings. The molecule has 0 aromatic heterocycles. The van der Waals surface area contributed by atoms with E-state index in [-0.39, 0.29) is 11.5 Å². The third-order valence-corrected chi connectivity index (χ3v) is 5.58. The fraction of sp³-hybridized carbons (Fsp3) is 0.867. The van der Waals surface area contributed by atoms with Crippen molar-refractivity contribution in [2.24, 2.45) is 23.7 Å². The Balaban J connectivity index is 2.04. The van der Waals surface area contributed by atoms with Crippen LogP contribution < -0.4 is 0 Å². The number of rotatable bonds is 1. The molecule has 2 aliphatic heterocycles. The normalized spacial score (nSPS) is 53.2. The highest BCUT2D eigenvalue weighted by molar-refractivity contribution is 5.24. The first kappa shape index (κ1) is 11.7. The molecule has 1 spiro atoms.